The highest BCUT2D eigenvalue weighted by molar-refractivity contribution is 14.0. The number of fused-ring (bicyclic) bond motifs is 1. The number of carbonyl (C=O) groups is 2. The first kappa shape index (κ1) is 24.2. The van der Waals surface area contributed by atoms with Gasteiger partial charge in [0.05, 0.1) is 11.1 Å². The lowest BCUT2D eigenvalue weighted by Crippen LogP contribution is -2.39. The Morgan fingerprint density at radius 1 is 0.900 bits per heavy atom. The van der Waals surface area contributed by atoms with Crippen LogP contribution in [-0.4, -0.2) is 55.1 Å². The van der Waals surface area contributed by atoms with Gasteiger partial charge in [0.1, 0.15) is 0 Å². The van der Waals surface area contributed by atoms with Gasteiger partial charge < -0.3 is 10.6 Å². The molecule has 160 valence electrons. The fraction of sp³-hybridized carbons (Fsp3) is 0.318. The van der Waals surface area contributed by atoms with E-state index in [-0.39, 0.29) is 35.8 Å². The second-order valence-electron chi connectivity index (χ2n) is 6.60. The maximum absolute atomic E-state index is 12.3. The zero-order valence-corrected chi connectivity index (χ0v) is 20.1. The van der Waals surface area contributed by atoms with Crippen molar-refractivity contribution in [2.24, 2.45) is 4.99 Å². The number of hydrogen-bond acceptors (Lipinski definition) is 4. The number of aliphatic imine (C=N–C) groups is 1. The zero-order chi connectivity index (χ0) is 20.5. The van der Waals surface area contributed by atoms with Gasteiger partial charge in [0.15, 0.2) is 5.96 Å². The second kappa shape index (κ2) is 12.6. The smallest absolute Gasteiger partial charge is 0.261 e. The molecule has 30 heavy (non-hydrogen) atoms. The predicted molar refractivity (Wildman–Crippen MR) is 133 cm³/mol. The van der Waals surface area contributed by atoms with Gasteiger partial charge in [0, 0.05) is 37.3 Å². The molecule has 8 heteroatoms. The van der Waals surface area contributed by atoms with Crippen LogP contribution in [0.5, 0.6) is 0 Å². The van der Waals surface area contributed by atoms with Gasteiger partial charge in [-0.25, -0.2) is 0 Å². The van der Waals surface area contributed by atoms with Gasteiger partial charge in [-0.3, -0.25) is 19.5 Å². The van der Waals surface area contributed by atoms with Crippen molar-refractivity contribution in [2.45, 2.75) is 17.7 Å². The summed E-state index contributed by atoms with van der Waals surface area (Å²) in [5.41, 5.74) is 1.02. The van der Waals surface area contributed by atoms with Gasteiger partial charge in [-0.2, -0.15) is 0 Å². The van der Waals surface area contributed by atoms with Gasteiger partial charge in [-0.15, -0.1) is 35.7 Å². The third kappa shape index (κ3) is 6.46. The number of benzene rings is 2. The number of unbranched alkanes of at least 4 members (excludes halogenated alkanes) is 1. The molecule has 1 aliphatic heterocycles. The Morgan fingerprint density at radius 3 is 2.13 bits per heavy atom. The molecule has 0 spiro atoms. The minimum Gasteiger partial charge on any atom is -0.356 e. The van der Waals surface area contributed by atoms with E-state index in [1.807, 2.05) is 18.2 Å². The molecule has 0 aromatic heterocycles. The number of nitrogens with one attached hydrogen (secondary N) is 2. The van der Waals surface area contributed by atoms with Gasteiger partial charge in [0.2, 0.25) is 0 Å². The molecule has 2 aromatic carbocycles. The number of amides is 2. The summed E-state index contributed by atoms with van der Waals surface area (Å²) in [6.45, 7) is 1.98. The molecule has 0 radical (unpaired) electrons. The van der Waals surface area contributed by atoms with Crippen LogP contribution in [0.4, 0.5) is 0 Å². The highest BCUT2D eigenvalue weighted by atomic mass is 127. The number of nitrogens with zero attached hydrogens (tertiary/aromatic N) is 2. The topological polar surface area (TPSA) is 73.8 Å². The van der Waals surface area contributed by atoms with Gasteiger partial charge in [0.25, 0.3) is 11.8 Å². The molecular weight excluding hydrogens is 511 g/mol. The molecule has 3 rings (SSSR count). The lowest BCUT2D eigenvalue weighted by molar-refractivity contribution is 0.0652. The first-order chi connectivity index (χ1) is 14.2. The van der Waals surface area contributed by atoms with Crippen LogP contribution in [0, 0.1) is 0 Å². The van der Waals surface area contributed by atoms with Crippen molar-refractivity contribution < 1.29 is 9.59 Å². The largest absolute Gasteiger partial charge is 0.356 e. The van der Waals surface area contributed by atoms with E-state index in [0.717, 1.165) is 37.6 Å². The van der Waals surface area contributed by atoms with Crippen LogP contribution in [0.15, 0.2) is 64.5 Å². The summed E-state index contributed by atoms with van der Waals surface area (Å²) in [6.07, 6.45) is 1.59. The molecule has 2 N–H and O–H groups in total. The lowest BCUT2D eigenvalue weighted by Gasteiger charge is -2.15. The van der Waals surface area contributed by atoms with Gasteiger partial charge in [-0.05, 0) is 37.1 Å². The van der Waals surface area contributed by atoms with Crippen LogP contribution in [0.3, 0.4) is 0 Å². The SMILES string of the molecule is CN=C(NCCCCN1C(=O)c2ccccc2C1=O)NCCSc1ccccc1.I. The molecule has 0 fully saturated rings. The monoisotopic (exact) mass is 538 g/mol. The van der Waals surface area contributed by atoms with E-state index in [1.54, 1.807) is 43.1 Å². The number of guanidine groups is 1. The summed E-state index contributed by atoms with van der Waals surface area (Å²) in [6, 6.07) is 17.3. The van der Waals surface area contributed by atoms with E-state index in [0.29, 0.717) is 17.7 Å². The molecule has 6 nitrogen and oxygen atoms in total. The number of rotatable bonds is 9. The summed E-state index contributed by atoms with van der Waals surface area (Å²) in [4.78, 5) is 31.5. The molecule has 0 aliphatic carbocycles. The molecule has 2 amide bonds. The first-order valence-electron chi connectivity index (χ1n) is 9.78. The van der Waals surface area contributed by atoms with Crippen LogP contribution in [0.2, 0.25) is 0 Å². The van der Waals surface area contributed by atoms with Crippen molar-refractivity contribution in [1.29, 1.82) is 0 Å². The van der Waals surface area contributed by atoms with E-state index in [1.165, 1.54) is 9.80 Å². The minimum atomic E-state index is -0.188. The molecule has 1 heterocycles. The van der Waals surface area contributed by atoms with Crippen LogP contribution in [0.25, 0.3) is 0 Å². The van der Waals surface area contributed by atoms with Crippen LogP contribution >= 0.6 is 35.7 Å². The summed E-state index contributed by atoms with van der Waals surface area (Å²) in [5.74, 6) is 1.34. The number of hydrogen-bond donors (Lipinski definition) is 2. The molecule has 0 unspecified atom stereocenters. The molecular formula is C22H27IN4O2S. The van der Waals surface area contributed by atoms with Crippen molar-refractivity contribution in [2.75, 3.05) is 32.4 Å². The van der Waals surface area contributed by atoms with E-state index >= 15 is 0 Å². The Bertz CT molecular complexity index is 841. The van der Waals surface area contributed by atoms with Crippen molar-refractivity contribution in [3.05, 3.63) is 65.7 Å². The number of carbonyl (C=O) groups excluding carboxylic acids is 2. The van der Waals surface area contributed by atoms with Crippen molar-refractivity contribution in [1.82, 2.24) is 15.5 Å². The predicted octanol–water partition coefficient (Wildman–Crippen LogP) is 3.64. The number of imide groups is 1. The Kier molecular flexibility index (Phi) is 10.2. The first-order valence-corrected chi connectivity index (χ1v) is 10.8. The van der Waals surface area contributed by atoms with Crippen molar-refractivity contribution in [3.8, 4) is 0 Å². The average Bonchev–Trinajstić information content (AvgIpc) is 3.00. The van der Waals surface area contributed by atoms with E-state index in [9.17, 15) is 9.59 Å². The molecule has 0 saturated carbocycles. The maximum Gasteiger partial charge on any atom is 0.261 e. The van der Waals surface area contributed by atoms with Crippen molar-refractivity contribution >= 4 is 53.5 Å². The standard InChI is InChI=1S/C22H26N4O2S.HI/c1-23-22(25-14-16-29-17-9-3-2-4-10-17)24-13-7-8-15-26-20(27)18-11-5-6-12-19(18)21(26)28;/h2-6,9-12H,7-8,13-16H2,1H3,(H2,23,24,25);1H. The highest BCUT2D eigenvalue weighted by Crippen LogP contribution is 2.22. The van der Waals surface area contributed by atoms with Crippen LogP contribution in [-0.2, 0) is 0 Å². The van der Waals surface area contributed by atoms with Gasteiger partial charge >= 0.3 is 0 Å². The maximum atomic E-state index is 12.3. The third-order valence-electron chi connectivity index (χ3n) is 4.61. The zero-order valence-electron chi connectivity index (χ0n) is 17.0. The fourth-order valence-electron chi connectivity index (χ4n) is 3.12. The molecule has 2 aromatic rings. The van der Waals surface area contributed by atoms with Crippen LogP contribution in [0.1, 0.15) is 33.6 Å². The van der Waals surface area contributed by atoms with E-state index < -0.39 is 0 Å². The fourth-order valence-corrected chi connectivity index (χ4v) is 3.91. The van der Waals surface area contributed by atoms with E-state index in [2.05, 4.69) is 27.8 Å². The Labute approximate surface area is 198 Å². The third-order valence-corrected chi connectivity index (χ3v) is 5.62. The number of thioether (sulfide) groups is 1. The van der Waals surface area contributed by atoms with E-state index in [4.69, 9.17) is 0 Å². The molecule has 0 bridgehead atoms. The normalized spacial score (nSPS) is 13.1. The van der Waals surface area contributed by atoms with Gasteiger partial charge in [-0.1, -0.05) is 30.3 Å². The summed E-state index contributed by atoms with van der Waals surface area (Å²) in [7, 11) is 1.75. The Hall–Kier alpha value is -2.07. The van der Waals surface area contributed by atoms with Crippen molar-refractivity contribution in [3.63, 3.8) is 0 Å². The summed E-state index contributed by atoms with van der Waals surface area (Å²) in [5, 5.41) is 6.57. The second-order valence-corrected chi connectivity index (χ2v) is 7.77. The molecule has 0 atom stereocenters. The quantitative estimate of drug-likeness (QED) is 0.127. The molecule has 0 saturated heterocycles. The average molecular weight is 538 g/mol. The number of halogens is 1. The highest BCUT2D eigenvalue weighted by Gasteiger charge is 2.34. The summed E-state index contributed by atoms with van der Waals surface area (Å²) < 4.78 is 0. The van der Waals surface area contributed by atoms with Crippen LogP contribution < -0.4 is 10.6 Å². The molecule has 1 aliphatic rings. The summed E-state index contributed by atoms with van der Waals surface area (Å²) >= 11 is 1.80. The Morgan fingerprint density at radius 2 is 1.50 bits per heavy atom. The minimum absolute atomic E-state index is 0. The lowest BCUT2D eigenvalue weighted by atomic mass is 10.1. The Balaban J connectivity index is 0.00000320.